The van der Waals surface area contributed by atoms with Gasteiger partial charge in [0.15, 0.2) is 0 Å². The maximum Gasteiger partial charge on any atom is 0.236 e. The number of carbonyl (C=O) groups is 1. The molecule has 134 valence electrons. The number of nitrogens with zero attached hydrogens (tertiary/aromatic N) is 3. The number of hydrogen-bond donors (Lipinski definition) is 1. The van der Waals surface area contributed by atoms with E-state index in [1.54, 1.807) is 6.07 Å². The summed E-state index contributed by atoms with van der Waals surface area (Å²) in [4.78, 5) is 16.5. The number of amides is 1. The Kier molecular flexibility index (Phi) is 6.11. The van der Waals surface area contributed by atoms with E-state index in [1.165, 1.54) is 0 Å². The first-order valence-corrected chi connectivity index (χ1v) is 9.01. The monoisotopic (exact) mass is 368 g/mol. The van der Waals surface area contributed by atoms with Crippen molar-refractivity contribution in [2.75, 3.05) is 37.6 Å². The van der Waals surface area contributed by atoms with Crippen molar-refractivity contribution in [2.24, 2.45) is 0 Å². The van der Waals surface area contributed by atoms with E-state index in [0.717, 1.165) is 29.4 Å². The molecule has 2 aromatic carbocycles. The van der Waals surface area contributed by atoms with Crippen molar-refractivity contribution in [3.63, 3.8) is 0 Å². The van der Waals surface area contributed by atoms with Crippen molar-refractivity contribution in [1.29, 1.82) is 5.26 Å². The molecule has 1 N–H and O–H groups in total. The molecule has 0 atom stereocenters. The molecular formula is C20H21ClN4O. The van der Waals surface area contributed by atoms with E-state index < -0.39 is 0 Å². The predicted molar refractivity (Wildman–Crippen MR) is 103 cm³/mol. The van der Waals surface area contributed by atoms with Crippen LogP contribution in [0.4, 0.5) is 5.69 Å². The molecule has 0 unspecified atom stereocenters. The molecule has 0 saturated carbocycles. The third kappa shape index (κ3) is 4.75. The first-order valence-electron chi connectivity index (χ1n) is 8.64. The van der Waals surface area contributed by atoms with E-state index in [0.29, 0.717) is 31.7 Å². The van der Waals surface area contributed by atoms with E-state index in [4.69, 9.17) is 16.9 Å². The molecule has 1 aliphatic rings. The van der Waals surface area contributed by atoms with Crippen LogP contribution in [0.1, 0.15) is 11.1 Å². The van der Waals surface area contributed by atoms with Crippen molar-refractivity contribution in [3.8, 4) is 6.07 Å². The summed E-state index contributed by atoms with van der Waals surface area (Å²) in [6, 6.07) is 17.3. The normalized spacial score (nSPS) is 14.2. The Bertz CT molecular complexity index is 809. The molecule has 0 spiro atoms. The van der Waals surface area contributed by atoms with Gasteiger partial charge in [0.2, 0.25) is 5.91 Å². The number of piperazine rings is 1. The summed E-state index contributed by atoms with van der Waals surface area (Å²) >= 11 is 6.05. The molecule has 0 aromatic heterocycles. The van der Waals surface area contributed by atoms with Crippen LogP contribution in [0.2, 0.25) is 5.02 Å². The van der Waals surface area contributed by atoms with Gasteiger partial charge in [-0.05, 0) is 35.9 Å². The third-order valence-electron chi connectivity index (χ3n) is 4.47. The van der Waals surface area contributed by atoms with Gasteiger partial charge in [0.1, 0.15) is 0 Å². The SMILES string of the molecule is N#Cc1cccc(CNCC(=O)N2CCN(c3cccc(Cl)c3)CC2)c1. The molecule has 1 aliphatic heterocycles. The number of nitrogens with one attached hydrogen (secondary N) is 1. The summed E-state index contributed by atoms with van der Waals surface area (Å²) in [5.41, 5.74) is 2.73. The minimum atomic E-state index is 0.104. The molecule has 1 saturated heterocycles. The van der Waals surface area contributed by atoms with Crippen molar-refractivity contribution >= 4 is 23.2 Å². The van der Waals surface area contributed by atoms with E-state index in [-0.39, 0.29) is 5.91 Å². The van der Waals surface area contributed by atoms with Crippen molar-refractivity contribution in [2.45, 2.75) is 6.54 Å². The van der Waals surface area contributed by atoms with Crippen LogP contribution in [0, 0.1) is 11.3 Å². The van der Waals surface area contributed by atoms with Gasteiger partial charge < -0.3 is 15.1 Å². The average molecular weight is 369 g/mol. The van der Waals surface area contributed by atoms with Crippen molar-refractivity contribution in [3.05, 3.63) is 64.7 Å². The molecule has 0 bridgehead atoms. The fourth-order valence-corrected chi connectivity index (χ4v) is 3.25. The van der Waals surface area contributed by atoms with Gasteiger partial charge in [-0.1, -0.05) is 29.8 Å². The second-order valence-electron chi connectivity index (χ2n) is 6.26. The Labute approximate surface area is 158 Å². The van der Waals surface area contributed by atoms with Crippen LogP contribution in [-0.4, -0.2) is 43.5 Å². The summed E-state index contributed by atoms with van der Waals surface area (Å²) in [6.45, 7) is 3.89. The zero-order valence-electron chi connectivity index (χ0n) is 14.5. The second-order valence-corrected chi connectivity index (χ2v) is 6.70. The number of halogens is 1. The van der Waals surface area contributed by atoms with Crippen LogP contribution in [-0.2, 0) is 11.3 Å². The topological polar surface area (TPSA) is 59.4 Å². The minimum Gasteiger partial charge on any atom is -0.368 e. The van der Waals surface area contributed by atoms with Gasteiger partial charge in [0.05, 0.1) is 18.2 Å². The second kappa shape index (κ2) is 8.70. The van der Waals surface area contributed by atoms with Crippen LogP contribution in [0.3, 0.4) is 0 Å². The Balaban J connectivity index is 1.44. The number of carbonyl (C=O) groups excluding carboxylic acids is 1. The number of benzene rings is 2. The summed E-state index contributed by atoms with van der Waals surface area (Å²) in [6.07, 6.45) is 0. The number of hydrogen-bond acceptors (Lipinski definition) is 4. The largest absolute Gasteiger partial charge is 0.368 e. The van der Waals surface area contributed by atoms with Gasteiger partial charge >= 0.3 is 0 Å². The molecule has 0 aliphatic carbocycles. The Hall–Kier alpha value is -2.55. The number of anilines is 1. The lowest BCUT2D eigenvalue weighted by molar-refractivity contribution is -0.130. The maximum atomic E-state index is 12.4. The highest BCUT2D eigenvalue weighted by atomic mass is 35.5. The summed E-state index contributed by atoms with van der Waals surface area (Å²) in [7, 11) is 0. The van der Waals surface area contributed by atoms with Crippen molar-refractivity contribution < 1.29 is 4.79 Å². The van der Waals surface area contributed by atoms with Crippen LogP contribution in [0.5, 0.6) is 0 Å². The zero-order valence-corrected chi connectivity index (χ0v) is 15.2. The van der Waals surface area contributed by atoms with Gasteiger partial charge in [-0.3, -0.25) is 4.79 Å². The zero-order chi connectivity index (χ0) is 18.4. The lowest BCUT2D eigenvalue weighted by Crippen LogP contribution is -2.50. The lowest BCUT2D eigenvalue weighted by atomic mass is 10.1. The fourth-order valence-electron chi connectivity index (χ4n) is 3.06. The van der Waals surface area contributed by atoms with Gasteiger partial charge in [-0.25, -0.2) is 0 Å². The van der Waals surface area contributed by atoms with Crippen LogP contribution in [0.25, 0.3) is 0 Å². The first kappa shape index (κ1) is 18.2. The molecule has 0 radical (unpaired) electrons. The number of nitriles is 1. The van der Waals surface area contributed by atoms with Gasteiger partial charge in [0, 0.05) is 43.4 Å². The Morgan fingerprint density at radius 3 is 2.62 bits per heavy atom. The summed E-state index contributed by atoms with van der Waals surface area (Å²) in [5, 5.41) is 12.8. The quantitative estimate of drug-likeness (QED) is 0.881. The van der Waals surface area contributed by atoms with Gasteiger partial charge in [-0.2, -0.15) is 5.26 Å². The molecule has 3 rings (SSSR count). The Morgan fingerprint density at radius 1 is 1.12 bits per heavy atom. The lowest BCUT2D eigenvalue weighted by Gasteiger charge is -2.36. The standard InChI is InChI=1S/C20H21ClN4O/c21-18-5-2-6-19(12-18)24-7-9-25(10-8-24)20(26)15-23-14-17-4-1-3-16(11-17)13-22/h1-6,11-12,23H,7-10,14-15H2. The van der Waals surface area contributed by atoms with E-state index in [2.05, 4.69) is 16.3 Å². The highest BCUT2D eigenvalue weighted by Crippen LogP contribution is 2.20. The molecule has 1 heterocycles. The smallest absolute Gasteiger partial charge is 0.236 e. The fraction of sp³-hybridized carbons (Fsp3) is 0.300. The molecule has 26 heavy (non-hydrogen) atoms. The summed E-state index contributed by atoms with van der Waals surface area (Å²) < 4.78 is 0. The summed E-state index contributed by atoms with van der Waals surface area (Å²) in [5.74, 6) is 0.104. The molecule has 6 heteroatoms. The van der Waals surface area contributed by atoms with E-state index in [1.807, 2.05) is 47.4 Å². The number of rotatable bonds is 5. The van der Waals surface area contributed by atoms with Crippen LogP contribution in [0.15, 0.2) is 48.5 Å². The molecule has 5 nitrogen and oxygen atoms in total. The van der Waals surface area contributed by atoms with Crippen molar-refractivity contribution in [1.82, 2.24) is 10.2 Å². The minimum absolute atomic E-state index is 0.104. The van der Waals surface area contributed by atoms with Gasteiger partial charge in [-0.15, -0.1) is 0 Å². The first-order chi connectivity index (χ1) is 12.7. The average Bonchev–Trinajstić information content (AvgIpc) is 2.68. The van der Waals surface area contributed by atoms with Crippen LogP contribution >= 0.6 is 11.6 Å². The van der Waals surface area contributed by atoms with E-state index >= 15 is 0 Å². The van der Waals surface area contributed by atoms with Gasteiger partial charge in [0.25, 0.3) is 0 Å². The predicted octanol–water partition coefficient (Wildman–Crippen LogP) is 2.65. The van der Waals surface area contributed by atoms with E-state index in [9.17, 15) is 4.79 Å². The molecule has 1 amide bonds. The highest BCUT2D eigenvalue weighted by molar-refractivity contribution is 6.30. The Morgan fingerprint density at radius 2 is 1.88 bits per heavy atom. The third-order valence-corrected chi connectivity index (χ3v) is 4.70. The maximum absolute atomic E-state index is 12.4. The molecular weight excluding hydrogens is 348 g/mol. The molecule has 1 fully saturated rings. The molecule has 2 aromatic rings. The highest BCUT2D eigenvalue weighted by Gasteiger charge is 2.21. The van der Waals surface area contributed by atoms with Crippen LogP contribution < -0.4 is 10.2 Å².